The predicted octanol–water partition coefficient (Wildman–Crippen LogP) is 4.15. The van der Waals surface area contributed by atoms with E-state index in [9.17, 15) is 14.4 Å². The van der Waals surface area contributed by atoms with Crippen LogP contribution in [0.15, 0.2) is 24.3 Å². The normalized spacial score (nSPS) is 25.1. The van der Waals surface area contributed by atoms with Crippen LogP contribution in [0, 0.1) is 14.9 Å². The van der Waals surface area contributed by atoms with Gasteiger partial charge in [-0.25, -0.2) is 4.79 Å². The molecule has 7 heteroatoms. The summed E-state index contributed by atoms with van der Waals surface area (Å²) < 4.78 is 1.06. The number of halogens is 1. The number of nitrogens with zero attached hydrogens (tertiary/aromatic N) is 1. The van der Waals surface area contributed by atoms with Gasteiger partial charge in [-0.2, -0.15) is 0 Å². The van der Waals surface area contributed by atoms with Crippen LogP contribution in [0.2, 0.25) is 0 Å². The molecule has 1 aromatic carbocycles. The Hall–Kier alpha value is -1.64. The van der Waals surface area contributed by atoms with Crippen LogP contribution in [0.4, 0.5) is 10.5 Å². The molecular weight excluding hydrogens is 469 g/mol. The van der Waals surface area contributed by atoms with Gasteiger partial charge >= 0.3 is 6.03 Å². The molecule has 0 atom stereocenters. The number of urea groups is 1. The van der Waals surface area contributed by atoms with Crippen molar-refractivity contribution in [2.24, 2.45) is 11.3 Å². The van der Waals surface area contributed by atoms with Crippen LogP contribution in [-0.4, -0.2) is 34.8 Å². The zero-order valence-electron chi connectivity index (χ0n) is 16.7. The predicted molar refractivity (Wildman–Crippen MR) is 117 cm³/mol. The maximum Gasteiger partial charge on any atom is 0.325 e. The Balaban J connectivity index is 1.62. The molecule has 0 bridgehead atoms. The molecule has 1 spiro atoms. The minimum absolute atomic E-state index is 0.236. The van der Waals surface area contributed by atoms with E-state index in [1.165, 1.54) is 0 Å². The fourth-order valence-corrected chi connectivity index (χ4v) is 4.58. The van der Waals surface area contributed by atoms with Crippen molar-refractivity contribution in [1.82, 2.24) is 10.2 Å². The molecule has 1 aliphatic carbocycles. The topological polar surface area (TPSA) is 78.5 Å². The van der Waals surface area contributed by atoms with Crippen LogP contribution in [-0.2, 0) is 9.59 Å². The first-order valence-corrected chi connectivity index (χ1v) is 10.9. The largest absolute Gasteiger partial charge is 0.325 e. The Labute approximate surface area is 179 Å². The minimum atomic E-state index is -0.833. The van der Waals surface area contributed by atoms with Gasteiger partial charge in [-0.05, 0) is 83.9 Å². The van der Waals surface area contributed by atoms with Gasteiger partial charge in [0, 0.05) is 9.26 Å². The van der Waals surface area contributed by atoms with Crippen LogP contribution in [0.3, 0.4) is 0 Å². The molecule has 152 valence electrons. The van der Waals surface area contributed by atoms with Crippen molar-refractivity contribution in [3.63, 3.8) is 0 Å². The first kappa shape index (κ1) is 21.1. The summed E-state index contributed by atoms with van der Waals surface area (Å²) in [6.07, 6.45) is 4.20. The van der Waals surface area contributed by atoms with E-state index in [-0.39, 0.29) is 23.8 Å². The molecule has 0 unspecified atom stereocenters. The number of carbonyl (C=O) groups excluding carboxylic acids is 3. The Morgan fingerprint density at radius 1 is 1.25 bits per heavy atom. The van der Waals surface area contributed by atoms with Gasteiger partial charge in [0.25, 0.3) is 5.91 Å². The van der Waals surface area contributed by atoms with Crippen molar-refractivity contribution >= 4 is 46.1 Å². The zero-order valence-corrected chi connectivity index (χ0v) is 18.8. The van der Waals surface area contributed by atoms with Crippen LogP contribution in [0.5, 0.6) is 0 Å². The molecule has 0 radical (unpaired) electrons. The molecule has 28 heavy (non-hydrogen) atoms. The fourth-order valence-electron chi connectivity index (χ4n) is 4.22. The molecule has 2 N–H and O–H groups in total. The summed E-state index contributed by atoms with van der Waals surface area (Å²) in [7, 11) is 0. The fraction of sp³-hybridized carbons (Fsp3) is 0.571. The van der Waals surface area contributed by atoms with E-state index in [1.54, 1.807) is 12.1 Å². The van der Waals surface area contributed by atoms with Gasteiger partial charge in [-0.1, -0.05) is 27.2 Å². The van der Waals surface area contributed by atoms with Crippen LogP contribution >= 0.6 is 22.6 Å². The number of carbonyl (C=O) groups is 3. The number of benzene rings is 1. The number of amides is 4. The molecule has 2 fully saturated rings. The van der Waals surface area contributed by atoms with Gasteiger partial charge in [0.05, 0.1) is 0 Å². The maximum atomic E-state index is 13.0. The maximum absolute atomic E-state index is 13.0. The van der Waals surface area contributed by atoms with Gasteiger partial charge in [0.1, 0.15) is 12.1 Å². The molecule has 1 aromatic rings. The third kappa shape index (κ3) is 4.18. The second kappa shape index (κ2) is 8.00. The Bertz CT molecular complexity index is 768. The number of imide groups is 1. The van der Waals surface area contributed by atoms with E-state index >= 15 is 0 Å². The highest BCUT2D eigenvalue weighted by atomic mass is 127. The highest BCUT2D eigenvalue weighted by Crippen LogP contribution is 2.45. The van der Waals surface area contributed by atoms with Crippen LogP contribution in [0.25, 0.3) is 0 Å². The summed E-state index contributed by atoms with van der Waals surface area (Å²) in [4.78, 5) is 38.9. The van der Waals surface area contributed by atoms with E-state index in [1.807, 2.05) is 12.1 Å². The second-order valence-electron chi connectivity index (χ2n) is 8.58. The summed E-state index contributed by atoms with van der Waals surface area (Å²) in [5.41, 5.74) is 0.0513. The average Bonchev–Trinajstić information content (AvgIpc) is 2.88. The minimum Gasteiger partial charge on any atom is -0.325 e. The molecule has 1 aliphatic heterocycles. The third-order valence-corrected chi connectivity index (χ3v) is 7.25. The van der Waals surface area contributed by atoms with Crippen molar-refractivity contribution in [1.29, 1.82) is 0 Å². The standard InChI is InChI=1S/C21H28IN3O3/c1-4-20(2,3)14-9-11-21(12-10-14)18(27)25(19(28)24-21)13-17(26)23-16-7-5-15(22)6-8-16/h5-8,14H,4,9-13H2,1-3H3,(H,23,26)(H,24,28). The van der Waals surface area contributed by atoms with Crippen molar-refractivity contribution < 1.29 is 14.4 Å². The van der Waals surface area contributed by atoms with E-state index in [2.05, 4.69) is 54.0 Å². The Morgan fingerprint density at radius 3 is 2.43 bits per heavy atom. The highest BCUT2D eigenvalue weighted by Gasteiger charge is 2.53. The van der Waals surface area contributed by atoms with Gasteiger partial charge in [0.2, 0.25) is 5.91 Å². The number of hydrogen-bond donors (Lipinski definition) is 2. The van der Waals surface area contributed by atoms with E-state index in [0.717, 1.165) is 27.7 Å². The lowest BCUT2D eigenvalue weighted by Crippen LogP contribution is -2.51. The molecule has 1 heterocycles. The third-order valence-electron chi connectivity index (χ3n) is 6.53. The molecule has 1 saturated heterocycles. The van der Waals surface area contributed by atoms with Crippen molar-refractivity contribution in [3.8, 4) is 0 Å². The van der Waals surface area contributed by atoms with Gasteiger partial charge < -0.3 is 10.6 Å². The first-order chi connectivity index (χ1) is 13.2. The lowest BCUT2D eigenvalue weighted by atomic mass is 9.65. The highest BCUT2D eigenvalue weighted by molar-refractivity contribution is 14.1. The van der Waals surface area contributed by atoms with E-state index in [4.69, 9.17) is 0 Å². The number of anilines is 1. The van der Waals surface area contributed by atoms with Gasteiger partial charge in [-0.15, -0.1) is 0 Å². The molecule has 2 aliphatic rings. The van der Waals surface area contributed by atoms with E-state index < -0.39 is 11.6 Å². The zero-order chi connectivity index (χ0) is 20.5. The summed E-state index contributed by atoms with van der Waals surface area (Å²) in [5, 5.41) is 5.64. The van der Waals surface area contributed by atoms with Crippen molar-refractivity contribution in [2.75, 3.05) is 11.9 Å². The SMILES string of the molecule is CCC(C)(C)C1CCC2(CC1)NC(=O)N(CC(=O)Nc1ccc(I)cc1)C2=O. The summed E-state index contributed by atoms with van der Waals surface area (Å²) in [6, 6.07) is 6.90. The smallest absolute Gasteiger partial charge is 0.325 e. The Kier molecular flexibility index (Phi) is 6.03. The lowest BCUT2D eigenvalue weighted by Gasteiger charge is -2.42. The molecule has 6 nitrogen and oxygen atoms in total. The van der Waals surface area contributed by atoms with Crippen molar-refractivity contribution in [2.45, 2.75) is 58.4 Å². The lowest BCUT2D eigenvalue weighted by molar-refractivity contribution is -0.135. The molecule has 3 rings (SSSR count). The number of hydrogen-bond acceptors (Lipinski definition) is 3. The molecular formula is C21H28IN3O3. The average molecular weight is 497 g/mol. The quantitative estimate of drug-likeness (QED) is 0.474. The molecule has 4 amide bonds. The summed E-state index contributed by atoms with van der Waals surface area (Å²) in [6.45, 7) is 6.47. The number of nitrogens with one attached hydrogen (secondary N) is 2. The monoisotopic (exact) mass is 497 g/mol. The number of rotatable bonds is 5. The van der Waals surface area contributed by atoms with Gasteiger partial charge in [0.15, 0.2) is 0 Å². The van der Waals surface area contributed by atoms with Gasteiger partial charge in [-0.3, -0.25) is 14.5 Å². The molecule has 1 saturated carbocycles. The second-order valence-corrected chi connectivity index (χ2v) is 9.82. The summed E-state index contributed by atoms with van der Waals surface area (Å²) in [5.74, 6) is -0.0865. The first-order valence-electron chi connectivity index (χ1n) is 9.86. The Morgan fingerprint density at radius 2 is 1.86 bits per heavy atom. The molecule has 0 aromatic heterocycles. The van der Waals surface area contributed by atoms with E-state index in [0.29, 0.717) is 24.4 Å². The van der Waals surface area contributed by atoms with Crippen LogP contribution in [0.1, 0.15) is 52.9 Å². The van der Waals surface area contributed by atoms with Crippen molar-refractivity contribution in [3.05, 3.63) is 27.8 Å². The summed E-state index contributed by atoms with van der Waals surface area (Å²) >= 11 is 2.19. The van der Waals surface area contributed by atoms with Crippen LogP contribution < -0.4 is 10.6 Å².